The van der Waals surface area contributed by atoms with Gasteiger partial charge < -0.3 is 10.6 Å². The zero-order valence-electron chi connectivity index (χ0n) is 12.7. The number of nitrogens with zero attached hydrogens (tertiary/aromatic N) is 2. The molecule has 0 saturated carbocycles. The Labute approximate surface area is 148 Å². The van der Waals surface area contributed by atoms with E-state index in [0.717, 1.165) is 17.7 Å². The van der Waals surface area contributed by atoms with Gasteiger partial charge in [0, 0.05) is 18.3 Å². The Kier molecular flexibility index (Phi) is 3.87. The lowest BCUT2D eigenvalue weighted by atomic mass is 9.88. The third-order valence-corrected chi connectivity index (χ3v) is 5.26. The van der Waals surface area contributed by atoms with Crippen molar-refractivity contribution in [3.05, 3.63) is 64.2 Å². The first kappa shape index (κ1) is 15.7. The molecule has 0 bridgehead atoms. The Balaban J connectivity index is 1.80. The number of hydrogen-bond donors (Lipinski definition) is 2. The van der Waals surface area contributed by atoms with Crippen LogP contribution in [0.15, 0.2) is 42.7 Å². The lowest BCUT2D eigenvalue weighted by molar-refractivity contribution is 0.495. The summed E-state index contributed by atoms with van der Waals surface area (Å²) < 4.78 is 16.4. The summed E-state index contributed by atoms with van der Waals surface area (Å²) in [7, 11) is 0. The van der Waals surface area contributed by atoms with Crippen LogP contribution in [0.1, 0.15) is 12.0 Å². The molecule has 1 aliphatic rings. The van der Waals surface area contributed by atoms with E-state index in [1.165, 1.54) is 12.1 Å². The highest BCUT2D eigenvalue weighted by molar-refractivity contribution is 6.42. The van der Waals surface area contributed by atoms with E-state index in [1.807, 2.05) is 24.4 Å². The molecule has 0 aliphatic carbocycles. The molecule has 1 aromatic carbocycles. The average Bonchev–Trinajstić information content (AvgIpc) is 3.21. The minimum Gasteiger partial charge on any atom is -0.373 e. The van der Waals surface area contributed by atoms with Crippen LogP contribution < -0.4 is 10.6 Å². The molecule has 1 atom stereocenters. The molecule has 4 rings (SSSR count). The fourth-order valence-corrected chi connectivity index (χ4v) is 3.80. The molecule has 1 aliphatic heterocycles. The second-order valence-corrected chi connectivity index (χ2v) is 6.76. The predicted molar refractivity (Wildman–Crippen MR) is 94.4 cm³/mol. The molecule has 1 saturated heterocycles. The molecule has 1 unspecified atom stereocenters. The topological polar surface area (TPSA) is 41.4 Å². The number of anilines is 1. The van der Waals surface area contributed by atoms with Crippen LogP contribution in [-0.2, 0) is 5.54 Å². The average molecular weight is 365 g/mol. The molecule has 2 N–H and O–H groups in total. The first-order valence-electron chi connectivity index (χ1n) is 7.65. The summed E-state index contributed by atoms with van der Waals surface area (Å²) in [5, 5.41) is 11.6. The number of nitrogens with one attached hydrogen (secondary N) is 2. The van der Waals surface area contributed by atoms with E-state index in [2.05, 4.69) is 15.7 Å². The first-order valence-corrected chi connectivity index (χ1v) is 8.41. The van der Waals surface area contributed by atoms with E-state index in [-0.39, 0.29) is 10.8 Å². The second-order valence-electron chi connectivity index (χ2n) is 5.97. The molecule has 0 radical (unpaired) electrons. The van der Waals surface area contributed by atoms with Crippen molar-refractivity contribution in [1.82, 2.24) is 14.9 Å². The summed E-state index contributed by atoms with van der Waals surface area (Å²) in [6.45, 7) is 1.32. The van der Waals surface area contributed by atoms with Gasteiger partial charge in [-0.1, -0.05) is 23.2 Å². The Hall–Kier alpha value is -1.82. The highest BCUT2D eigenvalue weighted by Gasteiger charge is 2.40. The van der Waals surface area contributed by atoms with Gasteiger partial charge in [0.1, 0.15) is 5.82 Å². The van der Waals surface area contributed by atoms with Gasteiger partial charge in [-0.3, -0.25) is 0 Å². The molecule has 0 spiro atoms. The minimum atomic E-state index is -0.660. The molecule has 4 nitrogen and oxygen atoms in total. The maximum atomic E-state index is 14.6. The number of halogens is 3. The zero-order chi connectivity index (χ0) is 16.7. The fourth-order valence-electron chi connectivity index (χ4n) is 3.30. The molecular formula is C17H15Cl2FN4. The third-order valence-electron chi connectivity index (χ3n) is 4.46. The number of benzene rings is 1. The van der Waals surface area contributed by atoms with Gasteiger partial charge in [0.2, 0.25) is 0 Å². The molecule has 2 aromatic heterocycles. The molecule has 24 heavy (non-hydrogen) atoms. The van der Waals surface area contributed by atoms with Crippen molar-refractivity contribution in [3.8, 4) is 0 Å². The number of aromatic nitrogens is 2. The third kappa shape index (κ3) is 2.53. The predicted octanol–water partition coefficient (Wildman–Crippen LogP) is 4.08. The maximum absolute atomic E-state index is 14.6. The summed E-state index contributed by atoms with van der Waals surface area (Å²) in [6.07, 6.45) is 4.31. The van der Waals surface area contributed by atoms with E-state index in [9.17, 15) is 4.39 Å². The SMILES string of the molecule is Fc1ccc(Cl)c(Cl)c1C1(Nc2ccc3ccnn3c2)CCNC1. The van der Waals surface area contributed by atoms with Crippen molar-refractivity contribution in [2.24, 2.45) is 0 Å². The summed E-state index contributed by atoms with van der Waals surface area (Å²) in [4.78, 5) is 0. The summed E-state index contributed by atoms with van der Waals surface area (Å²) in [5.41, 5.74) is 1.58. The molecule has 124 valence electrons. The molecular weight excluding hydrogens is 350 g/mol. The Bertz CT molecular complexity index is 903. The largest absolute Gasteiger partial charge is 0.373 e. The minimum absolute atomic E-state index is 0.257. The first-order chi connectivity index (χ1) is 11.6. The number of rotatable bonds is 3. The lowest BCUT2D eigenvalue weighted by Crippen LogP contribution is -2.39. The molecule has 3 heterocycles. The van der Waals surface area contributed by atoms with E-state index >= 15 is 0 Å². The van der Waals surface area contributed by atoms with Crippen molar-refractivity contribution in [3.63, 3.8) is 0 Å². The normalized spacial score (nSPS) is 20.6. The van der Waals surface area contributed by atoms with Gasteiger partial charge in [0.25, 0.3) is 0 Å². The Morgan fingerprint density at radius 3 is 2.88 bits per heavy atom. The lowest BCUT2D eigenvalue weighted by Gasteiger charge is -2.32. The zero-order valence-corrected chi connectivity index (χ0v) is 14.2. The standard InChI is InChI=1S/C17H15Cl2FN4/c18-13-3-4-14(20)15(16(13)19)17(6-8-21-10-17)23-11-1-2-12-5-7-22-24(12)9-11/h1-5,7,9,21,23H,6,8,10H2. The van der Waals surface area contributed by atoms with Gasteiger partial charge in [-0.2, -0.15) is 5.10 Å². The van der Waals surface area contributed by atoms with Crippen molar-refractivity contribution >= 4 is 34.4 Å². The van der Waals surface area contributed by atoms with Crippen LogP contribution in [0.3, 0.4) is 0 Å². The summed E-state index contributed by atoms with van der Waals surface area (Å²) >= 11 is 12.5. The van der Waals surface area contributed by atoms with Crippen molar-refractivity contribution in [2.45, 2.75) is 12.0 Å². The highest BCUT2D eigenvalue weighted by atomic mass is 35.5. The Morgan fingerprint density at radius 2 is 2.08 bits per heavy atom. The van der Waals surface area contributed by atoms with Gasteiger partial charge in [-0.25, -0.2) is 8.91 Å². The van der Waals surface area contributed by atoms with Gasteiger partial charge in [0.15, 0.2) is 0 Å². The van der Waals surface area contributed by atoms with Gasteiger partial charge in [0.05, 0.1) is 33.0 Å². The van der Waals surface area contributed by atoms with Crippen molar-refractivity contribution in [1.29, 1.82) is 0 Å². The van der Waals surface area contributed by atoms with Crippen LogP contribution in [0.25, 0.3) is 5.52 Å². The van der Waals surface area contributed by atoms with E-state index in [0.29, 0.717) is 23.6 Å². The molecule has 0 amide bonds. The fraction of sp³-hybridized carbons (Fsp3) is 0.235. The van der Waals surface area contributed by atoms with Crippen LogP contribution >= 0.6 is 23.2 Å². The smallest absolute Gasteiger partial charge is 0.130 e. The number of fused-ring (bicyclic) bond motifs is 1. The maximum Gasteiger partial charge on any atom is 0.130 e. The van der Waals surface area contributed by atoms with E-state index in [1.54, 1.807) is 10.7 Å². The van der Waals surface area contributed by atoms with Crippen LogP contribution in [0.4, 0.5) is 10.1 Å². The van der Waals surface area contributed by atoms with Crippen LogP contribution in [-0.4, -0.2) is 22.7 Å². The monoisotopic (exact) mass is 364 g/mol. The quantitative estimate of drug-likeness (QED) is 0.688. The van der Waals surface area contributed by atoms with Crippen molar-refractivity contribution in [2.75, 3.05) is 18.4 Å². The van der Waals surface area contributed by atoms with Gasteiger partial charge in [-0.15, -0.1) is 0 Å². The molecule has 3 aromatic rings. The number of hydrogen-bond acceptors (Lipinski definition) is 3. The second kappa shape index (κ2) is 5.92. The molecule has 1 fully saturated rings. The van der Waals surface area contributed by atoms with Crippen LogP contribution in [0.5, 0.6) is 0 Å². The van der Waals surface area contributed by atoms with E-state index < -0.39 is 5.54 Å². The number of pyridine rings is 1. The summed E-state index contributed by atoms with van der Waals surface area (Å²) in [6, 6.07) is 8.68. The van der Waals surface area contributed by atoms with Crippen LogP contribution in [0.2, 0.25) is 10.0 Å². The van der Waals surface area contributed by atoms with Gasteiger partial charge >= 0.3 is 0 Å². The van der Waals surface area contributed by atoms with E-state index in [4.69, 9.17) is 23.2 Å². The van der Waals surface area contributed by atoms with Crippen molar-refractivity contribution < 1.29 is 4.39 Å². The molecule has 7 heteroatoms. The highest BCUT2D eigenvalue weighted by Crippen LogP contribution is 2.40. The van der Waals surface area contributed by atoms with Crippen LogP contribution in [0, 0.1) is 5.82 Å². The van der Waals surface area contributed by atoms with Gasteiger partial charge in [-0.05, 0) is 43.3 Å². The Morgan fingerprint density at radius 1 is 1.21 bits per heavy atom. The summed E-state index contributed by atoms with van der Waals surface area (Å²) in [5.74, 6) is -0.360.